The van der Waals surface area contributed by atoms with Crippen LogP contribution in [0.4, 0.5) is 0 Å². The Kier molecular flexibility index (Phi) is 4.56. The minimum Gasteiger partial charge on any atom is -0.487 e. The van der Waals surface area contributed by atoms with E-state index < -0.39 is 10.0 Å². The average Bonchev–Trinajstić information content (AvgIpc) is 3.12. The summed E-state index contributed by atoms with van der Waals surface area (Å²) in [5.74, 6) is 0.679. The molecule has 0 spiro atoms. The SMILES string of the molecule is O=S(=O)(c1ccc(Cl)cc1)N1CCC(Oc2cccc3cccnc23)C1. The lowest BCUT2D eigenvalue weighted by molar-refractivity contribution is 0.218. The summed E-state index contributed by atoms with van der Waals surface area (Å²) in [5, 5.41) is 1.50. The summed E-state index contributed by atoms with van der Waals surface area (Å²) in [6.45, 7) is 0.738. The van der Waals surface area contributed by atoms with Crippen molar-refractivity contribution >= 4 is 32.5 Å². The highest BCUT2D eigenvalue weighted by molar-refractivity contribution is 7.89. The number of benzene rings is 2. The van der Waals surface area contributed by atoms with Crippen LogP contribution in [0.15, 0.2) is 65.7 Å². The molecule has 5 nitrogen and oxygen atoms in total. The number of para-hydroxylation sites is 1. The van der Waals surface area contributed by atoms with Crippen molar-refractivity contribution < 1.29 is 13.2 Å². The van der Waals surface area contributed by atoms with E-state index in [0.717, 1.165) is 10.9 Å². The van der Waals surface area contributed by atoms with Gasteiger partial charge in [-0.3, -0.25) is 4.98 Å². The van der Waals surface area contributed by atoms with Crippen molar-refractivity contribution in [2.75, 3.05) is 13.1 Å². The fourth-order valence-electron chi connectivity index (χ4n) is 3.12. The van der Waals surface area contributed by atoms with Crippen molar-refractivity contribution in [2.45, 2.75) is 17.4 Å². The molecule has 1 aliphatic rings. The first-order valence-corrected chi connectivity index (χ1v) is 10.1. The van der Waals surface area contributed by atoms with Crippen LogP contribution in [0.3, 0.4) is 0 Å². The van der Waals surface area contributed by atoms with Crippen molar-refractivity contribution in [1.29, 1.82) is 0 Å². The molecule has 1 unspecified atom stereocenters. The highest BCUT2D eigenvalue weighted by Gasteiger charge is 2.33. The highest BCUT2D eigenvalue weighted by Crippen LogP contribution is 2.28. The summed E-state index contributed by atoms with van der Waals surface area (Å²) in [7, 11) is -3.54. The van der Waals surface area contributed by atoms with Gasteiger partial charge in [0.2, 0.25) is 10.0 Å². The molecule has 2 aromatic carbocycles. The summed E-state index contributed by atoms with van der Waals surface area (Å²) in [6, 6.07) is 15.8. The van der Waals surface area contributed by atoms with Crippen molar-refractivity contribution in [3.63, 3.8) is 0 Å². The second-order valence-corrected chi connectivity index (χ2v) is 8.55. The highest BCUT2D eigenvalue weighted by atomic mass is 35.5. The van der Waals surface area contributed by atoms with E-state index >= 15 is 0 Å². The molecular formula is C19H17ClN2O3S. The van der Waals surface area contributed by atoms with Gasteiger partial charge in [-0.25, -0.2) is 8.42 Å². The number of nitrogens with zero attached hydrogens (tertiary/aromatic N) is 2. The quantitative estimate of drug-likeness (QED) is 0.683. The van der Waals surface area contributed by atoms with E-state index in [2.05, 4.69) is 4.98 Å². The normalized spacial score (nSPS) is 18.3. The Bertz CT molecular complexity index is 1030. The summed E-state index contributed by atoms with van der Waals surface area (Å²) in [4.78, 5) is 4.62. The number of rotatable bonds is 4. The fraction of sp³-hybridized carbons (Fsp3) is 0.211. The molecule has 0 amide bonds. The molecule has 1 fully saturated rings. The Morgan fingerprint density at radius 3 is 2.65 bits per heavy atom. The number of ether oxygens (including phenoxy) is 1. The first-order chi connectivity index (χ1) is 12.5. The minimum atomic E-state index is -3.54. The summed E-state index contributed by atoms with van der Waals surface area (Å²) < 4.78 is 33.1. The third-order valence-corrected chi connectivity index (χ3v) is 6.58. The number of fused-ring (bicyclic) bond motifs is 1. The molecule has 1 aromatic heterocycles. The van der Waals surface area contributed by atoms with Crippen LogP contribution < -0.4 is 4.74 Å². The molecule has 1 saturated heterocycles. The van der Waals surface area contributed by atoms with Gasteiger partial charge in [-0.15, -0.1) is 0 Å². The average molecular weight is 389 g/mol. The Labute approximate surface area is 157 Å². The number of sulfonamides is 1. The number of hydrogen-bond acceptors (Lipinski definition) is 4. The molecule has 3 aromatic rings. The first-order valence-electron chi connectivity index (χ1n) is 8.30. The fourth-order valence-corrected chi connectivity index (χ4v) is 4.73. The zero-order valence-electron chi connectivity index (χ0n) is 13.9. The molecule has 0 radical (unpaired) electrons. The van der Waals surface area contributed by atoms with Crippen LogP contribution >= 0.6 is 11.6 Å². The van der Waals surface area contributed by atoms with Crippen molar-refractivity contribution in [1.82, 2.24) is 9.29 Å². The van der Waals surface area contributed by atoms with E-state index in [0.29, 0.717) is 30.3 Å². The van der Waals surface area contributed by atoms with Gasteiger partial charge in [0, 0.05) is 23.2 Å². The summed E-state index contributed by atoms with van der Waals surface area (Å²) in [5.41, 5.74) is 0.786. The molecule has 0 N–H and O–H groups in total. The van der Waals surface area contributed by atoms with Crippen LogP contribution in [0.2, 0.25) is 5.02 Å². The number of halogens is 1. The van der Waals surface area contributed by atoms with Gasteiger partial charge >= 0.3 is 0 Å². The molecular weight excluding hydrogens is 372 g/mol. The second-order valence-electron chi connectivity index (χ2n) is 6.18. The lowest BCUT2D eigenvalue weighted by atomic mass is 10.2. The smallest absolute Gasteiger partial charge is 0.243 e. The van der Waals surface area contributed by atoms with Gasteiger partial charge in [0.1, 0.15) is 17.4 Å². The van der Waals surface area contributed by atoms with Crippen molar-refractivity contribution in [3.05, 3.63) is 65.8 Å². The molecule has 7 heteroatoms. The molecule has 0 aliphatic carbocycles. The lowest BCUT2D eigenvalue weighted by Gasteiger charge is -2.18. The van der Waals surface area contributed by atoms with Crippen LogP contribution in [0, 0.1) is 0 Å². The van der Waals surface area contributed by atoms with Crippen LogP contribution in [-0.4, -0.2) is 36.9 Å². The zero-order valence-corrected chi connectivity index (χ0v) is 15.4. The van der Waals surface area contributed by atoms with Crippen LogP contribution in [0.1, 0.15) is 6.42 Å². The molecule has 2 heterocycles. The molecule has 0 bridgehead atoms. The third-order valence-electron chi connectivity index (χ3n) is 4.45. The van der Waals surface area contributed by atoms with Gasteiger partial charge in [-0.1, -0.05) is 29.8 Å². The molecule has 1 atom stereocenters. The minimum absolute atomic E-state index is 0.204. The zero-order chi connectivity index (χ0) is 18.1. The van der Waals surface area contributed by atoms with Crippen LogP contribution in [-0.2, 0) is 10.0 Å². The molecule has 4 rings (SSSR count). The van der Waals surface area contributed by atoms with E-state index in [1.54, 1.807) is 18.3 Å². The Morgan fingerprint density at radius 2 is 1.85 bits per heavy atom. The van der Waals surface area contributed by atoms with E-state index in [1.165, 1.54) is 16.4 Å². The van der Waals surface area contributed by atoms with Crippen LogP contribution in [0.5, 0.6) is 5.75 Å². The van der Waals surface area contributed by atoms with Gasteiger partial charge in [0.15, 0.2) is 0 Å². The first kappa shape index (κ1) is 17.3. The molecule has 1 aliphatic heterocycles. The van der Waals surface area contributed by atoms with Gasteiger partial charge in [0.05, 0.1) is 11.4 Å². The maximum atomic E-state index is 12.8. The maximum Gasteiger partial charge on any atom is 0.243 e. The van der Waals surface area contributed by atoms with Gasteiger partial charge in [-0.2, -0.15) is 4.31 Å². The predicted octanol–water partition coefficient (Wildman–Crippen LogP) is 3.73. The molecule has 26 heavy (non-hydrogen) atoms. The van der Waals surface area contributed by atoms with Gasteiger partial charge in [-0.05, 0) is 42.8 Å². The number of pyridine rings is 1. The number of aromatic nitrogens is 1. The van der Waals surface area contributed by atoms with E-state index in [9.17, 15) is 8.42 Å². The Balaban J connectivity index is 1.52. The Morgan fingerprint density at radius 1 is 1.08 bits per heavy atom. The summed E-state index contributed by atoms with van der Waals surface area (Å²) >= 11 is 5.85. The maximum absolute atomic E-state index is 12.8. The monoisotopic (exact) mass is 388 g/mol. The summed E-state index contributed by atoms with van der Waals surface area (Å²) in [6.07, 6.45) is 2.15. The largest absolute Gasteiger partial charge is 0.487 e. The third kappa shape index (κ3) is 3.28. The Hall–Kier alpha value is -2.15. The molecule has 134 valence electrons. The van der Waals surface area contributed by atoms with E-state index in [4.69, 9.17) is 16.3 Å². The van der Waals surface area contributed by atoms with Crippen LogP contribution in [0.25, 0.3) is 10.9 Å². The van der Waals surface area contributed by atoms with Crippen molar-refractivity contribution in [2.24, 2.45) is 0 Å². The lowest BCUT2D eigenvalue weighted by Crippen LogP contribution is -2.31. The van der Waals surface area contributed by atoms with E-state index in [-0.39, 0.29) is 11.0 Å². The van der Waals surface area contributed by atoms with E-state index in [1.807, 2.05) is 30.3 Å². The standard InChI is InChI=1S/C19H17ClN2O3S/c20-15-6-8-17(9-7-15)26(23,24)22-12-10-16(13-22)25-18-5-1-3-14-4-2-11-21-19(14)18/h1-9,11,16H,10,12-13H2. The number of hydrogen-bond donors (Lipinski definition) is 0. The molecule has 0 saturated carbocycles. The van der Waals surface area contributed by atoms with Gasteiger partial charge in [0.25, 0.3) is 0 Å². The van der Waals surface area contributed by atoms with Crippen molar-refractivity contribution in [3.8, 4) is 5.75 Å². The predicted molar refractivity (Wildman–Crippen MR) is 101 cm³/mol. The second kappa shape index (κ2) is 6.87. The van der Waals surface area contributed by atoms with Gasteiger partial charge < -0.3 is 4.74 Å². The topological polar surface area (TPSA) is 59.5 Å².